The molecule has 0 fully saturated rings. The first-order chi connectivity index (χ1) is 7.43. The zero-order chi connectivity index (χ0) is 10.1. The van der Waals surface area contributed by atoms with E-state index in [-0.39, 0.29) is 0 Å². The molecule has 78 valence electrons. The van der Waals surface area contributed by atoms with Crippen molar-refractivity contribution in [1.29, 1.82) is 0 Å². The van der Waals surface area contributed by atoms with Gasteiger partial charge in [0.25, 0.3) is 11.8 Å². The van der Waals surface area contributed by atoms with Crippen molar-refractivity contribution < 1.29 is 9.15 Å². The number of anilines is 1. The zero-order valence-electron chi connectivity index (χ0n) is 8.09. The van der Waals surface area contributed by atoms with E-state index in [9.17, 15) is 0 Å². The summed E-state index contributed by atoms with van der Waals surface area (Å²) in [7, 11) is 0. The van der Waals surface area contributed by atoms with Crippen LogP contribution < -0.4 is 4.90 Å². The number of oxazole rings is 1. The highest BCUT2D eigenvalue weighted by Crippen LogP contribution is 2.16. The fraction of sp³-hybridized carbons (Fsp3) is 0.444. The second kappa shape index (κ2) is 3.38. The van der Waals surface area contributed by atoms with Gasteiger partial charge in [-0.25, -0.2) is 4.99 Å². The second-order valence-corrected chi connectivity index (χ2v) is 3.26. The number of rotatable bonds is 2. The summed E-state index contributed by atoms with van der Waals surface area (Å²) in [6.45, 7) is 2.94. The van der Waals surface area contributed by atoms with Gasteiger partial charge in [-0.05, 0) is 0 Å². The second-order valence-electron chi connectivity index (χ2n) is 3.26. The summed E-state index contributed by atoms with van der Waals surface area (Å²) in [5, 5.41) is 0. The van der Waals surface area contributed by atoms with Crippen molar-refractivity contribution in [3.05, 3.63) is 12.2 Å². The first-order valence-electron chi connectivity index (χ1n) is 4.83. The van der Waals surface area contributed by atoms with Gasteiger partial charge >= 0.3 is 0 Å². The highest BCUT2D eigenvalue weighted by molar-refractivity contribution is 5.91. The van der Waals surface area contributed by atoms with E-state index in [0.717, 1.165) is 18.9 Å². The van der Waals surface area contributed by atoms with Gasteiger partial charge in [-0.1, -0.05) is 0 Å². The van der Waals surface area contributed by atoms with Gasteiger partial charge in [0, 0.05) is 6.54 Å². The smallest absolute Gasteiger partial charge is 0.284 e. The maximum absolute atomic E-state index is 5.29. The van der Waals surface area contributed by atoms with E-state index < -0.39 is 0 Å². The molecule has 0 radical (unpaired) electrons. The van der Waals surface area contributed by atoms with Gasteiger partial charge in [0.2, 0.25) is 0 Å². The molecule has 0 saturated carbocycles. The van der Waals surface area contributed by atoms with Crippen molar-refractivity contribution in [3.63, 3.8) is 0 Å². The molecule has 1 aromatic heterocycles. The lowest BCUT2D eigenvalue weighted by Gasteiger charge is -2.07. The highest BCUT2D eigenvalue weighted by Gasteiger charge is 2.19. The monoisotopic (exact) mass is 206 g/mol. The molecule has 15 heavy (non-hydrogen) atoms. The first-order valence-corrected chi connectivity index (χ1v) is 4.83. The Morgan fingerprint density at radius 3 is 3.07 bits per heavy atom. The molecule has 6 nitrogen and oxygen atoms in total. The Bertz CT molecular complexity index is 424. The van der Waals surface area contributed by atoms with Crippen molar-refractivity contribution in [2.24, 2.45) is 9.98 Å². The minimum absolute atomic E-state index is 0.447. The van der Waals surface area contributed by atoms with Gasteiger partial charge in [-0.3, -0.25) is 4.99 Å². The topological polar surface area (TPSA) is 63.2 Å². The van der Waals surface area contributed by atoms with Crippen molar-refractivity contribution in [2.75, 3.05) is 31.1 Å². The minimum Gasteiger partial charge on any atom is -0.472 e. The van der Waals surface area contributed by atoms with Crippen LogP contribution in [0.1, 0.15) is 5.89 Å². The van der Waals surface area contributed by atoms with Gasteiger partial charge in [0.15, 0.2) is 5.82 Å². The molecule has 0 aliphatic carbocycles. The van der Waals surface area contributed by atoms with E-state index in [4.69, 9.17) is 9.15 Å². The van der Waals surface area contributed by atoms with Crippen molar-refractivity contribution in [2.45, 2.75) is 0 Å². The lowest BCUT2D eigenvalue weighted by Crippen LogP contribution is -2.18. The van der Waals surface area contributed by atoms with Crippen LogP contribution in [0.15, 0.2) is 20.7 Å². The number of aliphatic imine (C=N–C) groups is 2. The van der Waals surface area contributed by atoms with Crippen LogP contribution >= 0.6 is 0 Å². The Kier molecular flexibility index (Phi) is 1.90. The van der Waals surface area contributed by atoms with E-state index in [1.54, 1.807) is 12.6 Å². The van der Waals surface area contributed by atoms with Crippen LogP contribution in [0.2, 0.25) is 0 Å². The fourth-order valence-electron chi connectivity index (χ4n) is 1.51. The van der Waals surface area contributed by atoms with Crippen LogP contribution in [0.5, 0.6) is 0 Å². The maximum atomic E-state index is 5.29. The molecule has 0 saturated heterocycles. The number of nitrogens with zero attached hydrogens (tertiary/aromatic N) is 4. The first kappa shape index (κ1) is 8.46. The van der Waals surface area contributed by atoms with Crippen molar-refractivity contribution in [3.8, 4) is 0 Å². The molecule has 3 heterocycles. The summed E-state index contributed by atoms with van der Waals surface area (Å²) in [4.78, 5) is 14.5. The third-order valence-electron chi connectivity index (χ3n) is 2.25. The van der Waals surface area contributed by atoms with E-state index in [0.29, 0.717) is 24.9 Å². The van der Waals surface area contributed by atoms with Gasteiger partial charge in [0.1, 0.15) is 12.9 Å². The van der Waals surface area contributed by atoms with Crippen LogP contribution in [0, 0.1) is 0 Å². The molecule has 2 aliphatic heterocycles. The standard InChI is InChI=1S/C9H10N4O2/c1-3-13(6-10-1)7-5-15-9(12-7)8-11-2-4-14-8/h5-6H,1-4H2. The van der Waals surface area contributed by atoms with Crippen LogP contribution in [0.25, 0.3) is 0 Å². The number of aromatic nitrogens is 1. The van der Waals surface area contributed by atoms with Gasteiger partial charge < -0.3 is 14.1 Å². The summed E-state index contributed by atoms with van der Waals surface area (Å²) >= 11 is 0. The molecule has 0 atom stereocenters. The Morgan fingerprint density at radius 2 is 2.33 bits per heavy atom. The van der Waals surface area contributed by atoms with Crippen LogP contribution in [-0.4, -0.2) is 43.5 Å². The van der Waals surface area contributed by atoms with Crippen LogP contribution in [0.3, 0.4) is 0 Å². The molecule has 6 heteroatoms. The average Bonchev–Trinajstić information content (AvgIpc) is 3.02. The van der Waals surface area contributed by atoms with Crippen molar-refractivity contribution >= 4 is 18.1 Å². The molecule has 0 N–H and O–H groups in total. The van der Waals surface area contributed by atoms with Crippen LogP contribution in [0.4, 0.5) is 5.82 Å². The lowest BCUT2D eigenvalue weighted by atomic mass is 10.5. The molecule has 0 unspecified atom stereocenters. The molecular formula is C9H10N4O2. The summed E-state index contributed by atoms with van der Waals surface area (Å²) in [6, 6.07) is 0. The van der Waals surface area contributed by atoms with Gasteiger partial charge in [0.05, 0.1) is 19.4 Å². The van der Waals surface area contributed by atoms with Gasteiger partial charge in [-0.2, -0.15) is 4.98 Å². The molecule has 2 aliphatic rings. The quantitative estimate of drug-likeness (QED) is 0.698. The van der Waals surface area contributed by atoms with Crippen LogP contribution in [-0.2, 0) is 4.74 Å². The third-order valence-corrected chi connectivity index (χ3v) is 2.25. The van der Waals surface area contributed by atoms with E-state index >= 15 is 0 Å². The average molecular weight is 206 g/mol. The highest BCUT2D eigenvalue weighted by atomic mass is 16.5. The van der Waals surface area contributed by atoms with Gasteiger partial charge in [-0.15, -0.1) is 0 Å². The maximum Gasteiger partial charge on any atom is 0.284 e. The predicted molar refractivity (Wildman–Crippen MR) is 54.6 cm³/mol. The Balaban J connectivity index is 1.83. The van der Waals surface area contributed by atoms with E-state index in [1.165, 1.54) is 0 Å². The Morgan fingerprint density at radius 1 is 1.33 bits per heavy atom. The Hall–Kier alpha value is -1.85. The molecule has 0 spiro atoms. The SMILES string of the molecule is C1=NCCN1c1coc(C2=NCCO2)n1. The molecule has 0 amide bonds. The molecule has 0 aromatic carbocycles. The molecule has 3 rings (SSSR count). The lowest BCUT2D eigenvalue weighted by molar-refractivity contribution is 0.337. The summed E-state index contributed by atoms with van der Waals surface area (Å²) in [5.74, 6) is 1.70. The number of hydrogen-bond donors (Lipinski definition) is 0. The largest absolute Gasteiger partial charge is 0.472 e. The van der Waals surface area contributed by atoms with E-state index in [1.807, 2.05) is 4.90 Å². The summed E-state index contributed by atoms with van der Waals surface area (Å²) < 4.78 is 10.5. The number of ether oxygens (including phenoxy) is 1. The summed E-state index contributed by atoms with van der Waals surface area (Å²) in [5.41, 5.74) is 0. The number of hydrogen-bond acceptors (Lipinski definition) is 6. The molecular weight excluding hydrogens is 196 g/mol. The molecule has 1 aromatic rings. The summed E-state index contributed by atoms with van der Waals surface area (Å²) in [6.07, 6.45) is 3.36. The third kappa shape index (κ3) is 1.47. The minimum atomic E-state index is 0.447. The zero-order valence-corrected chi connectivity index (χ0v) is 8.09. The predicted octanol–water partition coefficient (Wildman–Crippen LogP) is 0.300. The normalized spacial score (nSPS) is 19.5. The van der Waals surface area contributed by atoms with E-state index in [2.05, 4.69) is 15.0 Å². The Labute approximate surface area is 86.3 Å². The molecule has 0 bridgehead atoms. The fourth-order valence-corrected chi connectivity index (χ4v) is 1.51. The van der Waals surface area contributed by atoms with Crippen molar-refractivity contribution in [1.82, 2.24) is 4.98 Å².